The Labute approximate surface area is 237 Å². The number of imidazole rings is 1. The van der Waals surface area contributed by atoms with Gasteiger partial charge in [-0.2, -0.15) is 4.98 Å². The molecule has 0 atom stereocenters. The first kappa shape index (κ1) is 26.0. The summed E-state index contributed by atoms with van der Waals surface area (Å²) in [5, 5.41) is 4.52. The van der Waals surface area contributed by atoms with E-state index >= 15 is 0 Å². The Hall–Kier alpha value is -4.21. The van der Waals surface area contributed by atoms with Gasteiger partial charge in [-0.3, -0.25) is 9.36 Å². The summed E-state index contributed by atoms with van der Waals surface area (Å²) in [6.07, 6.45) is 3.58. The van der Waals surface area contributed by atoms with Crippen molar-refractivity contribution < 1.29 is 0 Å². The molecule has 0 radical (unpaired) electrons. The zero-order valence-electron chi connectivity index (χ0n) is 22.8. The zero-order valence-corrected chi connectivity index (χ0v) is 23.5. The summed E-state index contributed by atoms with van der Waals surface area (Å²) in [5.74, 6) is 1.17. The summed E-state index contributed by atoms with van der Waals surface area (Å²) >= 11 is 6.69. The number of aryl methyl sites for hydroxylation is 2. The number of hydrogen-bond acceptors (Lipinski definition) is 7. The van der Waals surface area contributed by atoms with Crippen molar-refractivity contribution in [2.45, 2.75) is 20.4 Å². The highest BCUT2D eigenvalue weighted by atomic mass is 35.5. The Morgan fingerprint density at radius 3 is 2.45 bits per heavy atom. The molecule has 5 aromatic rings. The molecule has 1 aliphatic heterocycles. The number of hydrogen-bond donors (Lipinski definition) is 2. The van der Waals surface area contributed by atoms with Crippen molar-refractivity contribution in [3.05, 3.63) is 82.0 Å². The molecule has 6 rings (SSSR count). The molecule has 0 bridgehead atoms. The van der Waals surface area contributed by atoms with Crippen LogP contribution in [0, 0.1) is 6.92 Å². The van der Waals surface area contributed by atoms with Gasteiger partial charge < -0.3 is 20.1 Å². The number of benzene rings is 2. The number of rotatable bonds is 6. The van der Waals surface area contributed by atoms with E-state index < -0.39 is 0 Å². The molecule has 0 amide bonds. The molecule has 0 saturated carbocycles. The van der Waals surface area contributed by atoms with Crippen LogP contribution >= 0.6 is 11.6 Å². The molecule has 10 heteroatoms. The van der Waals surface area contributed by atoms with E-state index in [2.05, 4.69) is 49.2 Å². The molecule has 1 fully saturated rings. The van der Waals surface area contributed by atoms with Crippen molar-refractivity contribution in [2.24, 2.45) is 0 Å². The van der Waals surface area contributed by atoms with Gasteiger partial charge >= 0.3 is 0 Å². The third-order valence-electron chi connectivity index (χ3n) is 7.37. The maximum atomic E-state index is 13.6. The second-order valence-corrected chi connectivity index (χ2v) is 10.5. The fourth-order valence-corrected chi connectivity index (χ4v) is 5.38. The Morgan fingerprint density at radius 2 is 1.77 bits per heavy atom. The van der Waals surface area contributed by atoms with Crippen molar-refractivity contribution in [3.8, 4) is 22.5 Å². The van der Waals surface area contributed by atoms with E-state index in [4.69, 9.17) is 16.6 Å². The number of halogens is 1. The first-order chi connectivity index (χ1) is 19.4. The van der Waals surface area contributed by atoms with E-state index in [1.54, 1.807) is 10.8 Å². The normalized spacial score (nSPS) is 14.2. The second kappa shape index (κ2) is 10.7. The van der Waals surface area contributed by atoms with E-state index in [1.807, 2.05) is 56.4 Å². The van der Waals surface area contributed by atoms with E-state index in [9.17, 15) is 4.79 Å². The summed E-state index contributed by atoms with van der Waals surface area (Å²) < 4.78 is 1.66. The fraction of sp³-hybridized carbons (Fsp3) is 0.267. The molecule has 4 heterocycles. The standard InChI is InChI=1S/C30H31ClN8O/c1-4-39-28-21(15-25(29(39)40)24-10-5-20(16-26(24)31)27-32-17-19(2)34-27)18-33-30(36-28)35-22-6-8-23(9-7-22)38-13-11-37(3)12-14-38/h5-10,15-18H,4,11-14H2,1-3H3,(H,32,34)(H,33,35,36). The summed E-state index contributed by atoms with van der Waals surface area (Å²) in [4.78, 5) is 35.2. The lowest BCUT2D eigenvalue weighted by atomic mass is 10.0. The minimum Gasteiger partial charge on any atom is -0.369 e. The lowest BCUT2D eigenvalue weighted by Crippen LogP contribution is -2.44. The molecule has 9 nitrogen and oxygen atoms in total. The predicted octanol–water partition coefficient (Wildman–Crippen LogP) is 5.33. The third kappa shape index (κ3) is 5.05. The van der Waals surface area contributed by atoms with Gasteiger partial charge in [0.25, 0.3) is 5.56 Å². The van der Waals surface area contributed by atoms with E-state index in [0.29, 0.717) is 34.3 Å². The highest BCUT2D eigenvalue weighted by Gasteiger charge is 2.17. The van der Waals surface area contributed by atoms with Gasteiger partial charge in [-0.25, -0.2) is 9.97 Å². The number of aromatic nitrogens is 5. The number of aromatic amines is 1. The third-order valence-corrected chi connectivity index (χ3v) is 7.69. The Kier molecular flexibility index (Phi) is 7.00. The second-order valence-electron chi connectivity index (χ2n) is 10.1. The summed E-state index contributed by atoms with van der Waals surface area (Å²) in [5.41, 5.74) is 5.42. The minimum atomic E-state index is -0.153. The molecule has 0 aliphatic carbocycles. The van der Waals surface area contributed by atoms with Crippen LogP contribution in [0.4, 0.5) is 17.3 Å². The van der Waals surface area contributed by atoms with Crippen LogP contribution in [0.5, 0.6) is 0 Å². The molecule has 3 aromatic heterocycles. The molecule has 2 aromatic carbocycles. The lowest BCUT2D eigenvalue weighted by molar-refractivity contribution is 0.313. The Morgan fingerprint density at radius 1 is 1.00 bits per heavy atom. The molecule has 204 valence electrons. The first-order valence-corrected chi connectivity index (χ1v) is 13.8. The van der Waals surface area contributed by atoms with Gasteiger partial charge in [0, 0.05) is 83.6 Å². The van der Waals surface area contributed by atoms with Gasteiger partial charge in [-0.15, -0.1) is 0 Å². The number of fused-ring (bicyclic) bond motifs is 1. The highest BCUT2D eigenvalue weighted by molar-refractivity contribution is 6.33. The highest BCUT2D eigenvalue weighted by Crippen LogP contribution is 2.31. The Balaban J connectivity index is 1.28. The molecule has 0 spiro atoms. The van der Waals surface area contributed by atoms with Gasteiger partial charge in [-0.05, 0) is 57.3 Å². The van der Waals surface area contributed by atoms with Crippen LogP contribution < -0.4 is 15.8 Å². The number of pyridine rings is 1. The maximum absolute atomic E-state index is 13.6. The molecule has 1 aliphatic rings. The minimum absolute atomic E-state index is 0.153. The fourth-order valence-electron chi connectivity index (χ4n) is 5.10. The van der Waals surface area contributed by atoms with Crippen LogP contribution in [0.15, 0.2) is 65.7 Å². The van der Waals surface area contributed by atoms with Crippen LogP contribution in [0.2, 0.25) is 5.02 Å². The summed E-state index contributed by atoms with van der Waals surface area (Å²) in [6, 6.07) is 15.7. The SMILES string of the molecule is CCn1c(=O)c(-c2ccc(-c3nc(C)c[nH]3)cc2Cl)cc2cnc(Nc3ccc(N4CCN(C)CC4)cc3)nc21. The molecule has 0 unspecified atom stereocenters. The van der Waals surface area contributed by atoms with Gasteiger partial charge in [0.05, 0.1) is 5.69 Å². The van der Waals surface area contributed by atoms with Crippen LogP contribution in [0.25, 0.3) is 33.5 Å². The van der Waals surface area contributed by atoms with Crippen molar-refractivity contribution in [1.82, 2.24) is 29.4 Å². The monoisotopic (exact) mass is 554 g/mol. The average molecular weight is 555 g/mol. The topological polar surface area (TPSA) is 95.0 Å². The summed E-state index contributed by atoms with van der Waals surface area (Å²) in [7, 11) is 2.16. The molecule has 2 N–H and O–H groups in total. The first-order valence-electron chi connectivity index (χ1n) is 13.4. The number of piperazine rings is 1. The average Bonchev–Trinajstić information content (AvgIpc) is 3.40. The smallest absolute Gasteiger partial charge is 0.260 e. The number of likely N-dealkylation sites (N-methyl/N-ethyl adjacent to an activating group) is 1. The number of H-pyrrole nitrogens is 1. The predicted molar refractivity (Wildman–Crippen MR) is 162 cm³/mol. The van der Waals surface area contributed by atoms with Gasteiger partial charge in [0.2, 0.25) is 5.95 Å². The van der Waals surface area contributed by atoms with Crippen LogP contribution in [-0.4, -0.2) is 62.6 Å². The van der Waals surface area contributed by atoms with Gasteiger partial charge in [0.15, 0.2) is 0 Å². The number of anilines is 3. The van der Waals surface area contributed by atoms with Crippen molar-refractivity contribution in [1.29, 1.82) is 0 Å². The van der Waals surface area contributed by atoms with Gasteiger partial charge in [0.1, 0.15) is 11.5 Å². The number of nitrogens with one attached hydrogen (secondary N) is 2. The van der Waals surface area contributed by atoms with Crippen molar-refractivity contribution in [3.63, 3.8) is 0 Å². The largest absolute Gasteiger partial charge is 0.369 e. The maximum Gasteiger partial charge on any atom is 0.260 e. The Bertz CT molecular complexity index is 1740. The van der Waals surface area contributed by atoms with Crippen LogP contribution in [-0.2, 0) is 6.54 Å². The van der Waals surface area contributed by atoms with Gasteiger partial charge in [-0.1, -0.05) is 23.7 Å². The quantitative estimate of drug-likeness (QED) is 0.293. The van der Waals surface area contributed by atoms with Crippen molar-refractivity contribution in [2.75, 3.05) is 43.4 Å². The molecule has 40 heavy (non-hydrogen) atoms. The van der Waals surface area contributed by atoms with E-state index in [-0.39, 0.29) is 5.56 Å². The molecule has 1 saturated heterocycles. The van der Waals surface area contributed by atoms with Crippen LogP contribution in [0.1, 0.15) is 12.6 Å². The lowest BCUT2D eigenvalue weighted by Gasteiger charge is -2.34. The van der Waals surface area contributed by atoms with Crippen molar-refractivity contribution >= 4 is 40.0 Å². The summed E-state index contributed by atoms with van der Waals surface area (Å²) in [6.45, 7) is 8.48. The van der Waals surface area contributed by atoms with Crippen LogP contribution in [0.3, 0.4) is 0 Å². The molecular formula is C30H31ClN8O. The van der Waals surface area contributed by atoms with E-state index in [0.717, 1.165) is 54.3 Å². The number of nitrogens with zero attached hydrogens (tertiary/aromatic N) is 6. The van der Waals surface area contributed by atoms with E-state index in [1.165, 1.54) is 5.69 Å². The zero-order chi connectivity index (χ0) is 27.8. The molecular weight excluding hydrogens is 524 g/mol.